The molecule has 44 heavy (non-hydrogen) atoms. The summed E-state index contributed by atoms with van der Waals surface area (Å²) in [6.07, 6.45) is -8.14. The zero-order valence-corrected chi connectivity index (χ0v) is 24.6. The molecular weight excluding hydrogens is 582 g/mol. The molecule has 238 valence electrons. The molecule has 0 aromatic heterocycles. The van der Waals surface area contributed by atoms with E-state index in [0.29, 0.717) is 13.1 Å². The highest BCUT2D eigenvalue weighted by Gasteiger charge is 2.37. The van der Waals surface area contributed by atoms with Crippen molar-refractivity contribution in [3.05, 3.63) is 107 Å². The summed E-state index contributed by atoms with van der Waals surface area (Å²) in [5, 5.41) is 6.80. The van der Waals surface area contributed by atoms with E-state index < -0.39 is 29.5 Å². The maximum Gasteiger partial charge on any atom is 0.416 e. The van der Waals surface area contributed by atoms with Gasteiger partial charge in [-0.1, -0.05) is 67.6 Å². The fraction of sp³-hybridized carbons (Fsp3) is 0.424. The molecule has 1 aliphatic heterocycles. The molecule has 1 amide bonds. The molecule has 1 fully saturated rings. The smallest absolute Gasteiger partial charge is 0.332 e. The first kappa shape index (κ1) is 33.5. The number of hydrogen-bond donors (Lipinski definition) is 2. The molecule has 2 atom stereocenters. The molecule has 0 radical (unpaired) electrons. The molecule has 1 aliphatic rings. The Balaban J connectivity index is 1.40. The monoisotopic (exact) mass is 620 g/mol. The predicted octanol–water partition coefficient (Wildman–Crippen LogP) is 6.66. The summed E-state index contributed by atoms with van der Waals surface area (Å²) in [5.41, 5.74) is -0.691. The number of alkyl halides is 6. The first-order valence-corrected chi connectivity index (χ1v) is 14.8. The van der Waals surface area contributed by atoms with Crippen LogP contribution in [0.1, 0.15) is 53.6 Å². The SMILES string of the molecule is CCC(CCNCc1ccccc1)NCC(=O)N1CCN(Cc2cc(C(F)(F)F)cc(C(F)(F)F)c2)CC1c1ccccc1. The van der Waals surface area contributed by atoms with Gasteiger partial charge in [0.2, 0.25) is 5.91 Å². The van der Waals surface area contributed by atoms with Gasteiger partial charge in [0.15, 0.2) is 0 Å². The van der Waals surface area contributed by atoms with Crippen LogP contribution in [0.5, 0.6) is 0 Å². The Morgan fingerprint density at radius 2 is 1.48 bits per heavy atom. The van der Waals surface area contributed by atoms with E-state index in [1.54, 1.807) is 9.80 Å². The summed E-state index contributed by atoms with van der Waals surface area (Å²) in [6.45, 7) is 4.50. The van der Waals surface area contributed by atoms with E-state index in [1.807, 2.05) is 48.5 Å². The molecule has 1 heterocycles. The molecule has 0 spiro atoms. The van der Waals surface area contributed by atoms with Crippen LogP contribution in [-0.4, -0.2) is 54.5 Å². The number of carbonyl (C=O) groups excluding carboxylic acids is 1. The van der Waals surface area contributed by atoms with Gasteiger partial charge in [0.1, 0.15) is 0 Å². The van der Waals surface area contributed by atoms with Crippen LogP contribution < -0.4 is 10.6 Å². The topological polar surface area (TPSA) is 47.6 Å². The zero-order valence-electron chi connectivity index (χ0n) is 24.6. The molecule has 0 aliphatic carbocycles. The average Bonchev–Trinajstić information content (AvgIpc) is 3.00. The van der Waals surface area contributed by atoms with Crippen molar-refractivity contribution < 1.29 is 31.1 Å². The minimum absolute atomic E-state index is 0.0768. The summed E-state index contributed by atoms with van der Waals surface area (Å²) in [7, 11) is 0. The lowest BCUT2D eigenvalue weighted by Gasteiger charge is -2.42. The van der Waals surface area contributed by atoms with Gasteiger partial charge in [-0.25, -0.2) is 0 Å². The van der Waals surface area contributed by atoms with Crippen molar-refractivity contribution in [1.82, 2.24) is 20.4 Å². The van der Waals surface area contributed by atoms with Crippen molar-refractivity contribution in [3.63, 3.8) is 0 Å². The number of rotatable bonds is 12. The number of nitrogens with zero attached hydrogens (tertiary/aromatic N) is 2. The van der Waals surface area contributed by atoms with Gasteiger partial charge in [-0.05, 0) is 54.3 Å². The molecule has 2 N–H and O–H groups in total. The van der Waals surface area contributed by atoms with E-state index in [1.165, 1.54) is 5.56 Å². The predicted molar refractivity (Wildman–Crippen MR) is 157 cm³/mol. The van der Waals surface area contributed by atoms with Gasteiger partial charge in [-0.2, -0.15) is 26.3 Å². The van der Waals surface area contributed by atoms with Gasteiger partial charge in [0.05, 0.1) is 23.7 Å². The molecule has 2 unspecified atom stereocenters. The average molecular weight is 621 g/mol. The normalized spacial score (nSPS) is 17.1. The number of amides is 1. The second kappa shape index (κ2) is 15.0. The number of piperazine rings is 1. The largest absolute Gasteiger partial charge is 0.416 e. The number of carbonyl (C=O) groups is 1. The first-order chi connectivity index (χ1) is 20.9. The summed E-state index contributed by atoms with van der Waals surface area (Å²) < 4.78 is 80.5. The minimum atomic E-state index is -4.91. The van der Waals surface area contributed by atoms with Crippen molar-refractivity contribution in [2.24, 2.45) is 0 Å². The van der Waals surface area contributed by atoms with Gasteiger partial charge in [-0.3, -0.25) is 9.69 Å². The highest BCUT2D eigenvalue weighted by molar-refractivity contribution is 5.79. The van der Waals surface area contributed by atoms with E-state index in [4.69, 9.17) is 0 Å². The van der Waals surface area contributed by atoms with E-state index in [-0.39, 0.29) is 43.2 Å². The third kappa shape index (κ3) is 9.54. The molecular formula is C33H38F6N4O. The Morgan fingerprint density at radius 3 is 2.07 bits per heavy atom. The maximum absolute atomic E-state index is 13.5. The van der Waals surface area contributed by atoms with Gasteiger partial charge >= 0.3 is 12.4 Å². The second-order valence-corrected chi connectivity index (χ2v) is 11.1. The highest BCUT2D eigenvalue weighted by atomic mass is 19.4. The van der Waals surface area contributed by atoms with Crippen molar-refractivity contribution in [1.29, 1.82) is 0 Å². The van der Waals surface area contributed by atoms with Crippen molar-refractivity contribution in [2.75, 3.05) is 32.7 Å². The quantitative estimate of drug-likeness (QED) is 0.176. The Kier molecular flexibility index (Phi) is 11.5. The molecule has 4 rings (SSSR count). The van der Waals surface area contributed by atoms with Crippen LogP contribution >= 0.6 is 0 Å². The standard InChI is InChI=1S/C33H38F6N4O/c1-2-29(13-14-40-20-24-9-5-3-6-10-24)41-21-31(44)43-16-15-42(23-30(43)26-11-7-4-8-12-26)22-25-17-27(32(34,35)36)19-28(18-25)33(37,38)39/h3-12,17-19,29-30,40-41H,2,13-16,20-23H2,1H3. The van der Waals surface area contributed by atoms with Crippen molar-refractivity contribution in [2.45, 2.75) is 57.3 Å². The summed E-state index contributed by atoms with van der Waals surface area (Å²) >= 11 is 0. The van der Waals surface area contributed by atoms with E-state index >= 15 is 0 Å². The van der Waals surface area contributed by atoms with Crippen LogP contribution in [-0.2, 0) is 30.2 Å². The van der Waals surface area contributed by atoms with Crippen molar-refractivity contribution >= 4 is 5.91 Å². The molecule has 3 aromatic rings. The molecule has 11 heteroatoms. The number of hydrogen-bond acceptors (Lipinski definition) is 4. The van der Waals surface area contributed by atoms with Crippen LogP contribution in [0.4, 0.5) is 26.3 Å². The zero-order chi connectivity index (χ0) is 31.7. The van der Waals surface area contributed by atoms with Gasteiger partial charge in [-0.15, -0.1) is 0 Å². The Labute approximate surface area is 254 Å². The summed E-state index contributed by atoms with van der Waals surface area (Å²) in [4.78, 5) is 17.0. The van der Waals surface area contributed by atoms with Crippen molar-refractivity contribution in [3.8, 4) is 0 Å². The molecule has 5 nitrogen and oxygen atoms in total. The summed E-state index contributed by atoms with van der Waals surface area (Å²) in [6, 6.07) is 20.8. The first-order valence-electron chi connectivity index (χ1n) is 14.8. The lowest BCUT2D eigenvalue weighted by molar-refractivity contribution is -0.143. The second-order valence-electron chi connectivity index (χ2n) is 11.1. The number of nitrogens with one attached hydrogen (secondary N) is 2. The van der Waals surface area contributed by atoms with Gasteiger partial charge in [0, 0.05) is 38.8 Å². The lowest BCUT2D eigenvalue weighted by Crippen LogP contribution is -2.53. The number of benzene rings is 3. The highest BCUT2D eigenvalue weighted by Crippen LogP contribution is 2.37. The van der Waals surface area contributed by atoms with E-state index in [0.717, 1.165) is 43.6 Å². The van der Waals surface area contributed by atoms with E-state index in [9.17, 15) is 31.1 Å². The van der Waals surface area contributed by atoms with Gasteiger partial charge < -0.3 is 15.5 Å². The van der Waals surface area contributed by atoms with Crippen LogP contribution in [0.2, 0.25) is 0 Å². The third-order valence-corrected chi connectivity index (χ3v) is 7.90. The lowest BCUT2D eigenvalue weighted by atomic mass is 10.00. The fourth-order valence-electron chi connectivity index (χ4n) is 5.50. The van der Waals surface area contributed by atoms with Crippen LogP contribution in [0, 0.1) is 0 Å². The van der Waals surface area contributed by atoms with Crippen LogP contribution in [0.15, 0.2) is 78.9 Å². The van der Waals surface area contributed by atoms with Crippen LogP contribution in [0.3, 0.4) is 0 Å². The minimum Gasteiger partial charge on any atom is -0.332 e. The third-order valence-electron chi connectivity index (χ3n) is 7.90. The Morgan fingerprint density at radius 1 is 0.864 bits per heavy atom. The molecule has 0 bridgehead atoms. The molecule has 1 saturated heterocycles. The Bertz CT molecular complexity index is 1300. The summed E-state index contributed by atoms with van der Waals surface area (Å²) in [5.74, 6) is -0.104. The van der Waals surface area contributed by atoms with Gasteiger partial charge in [0.25, 0.3) is 0 Å². The molecule has 0 saturated carbocycles. The van der Waals surface area contributed by atoms with E-state index in [2.05, 4.69) is 29.7 Å². The molecule has 3 aromatic carbocycles. The number of halogens is 6. The maximum atomic E-state index is 13.5. The fourth-order valence-corrected chi connectivity index (χ4v) is 5.50. The Hall–Kier alpha value is -3.41. The van der Waals surface area contributed by atoms with Crippen LogP contribution in [0.25, 0.3) is 0 Å².